The first-order valence-electron chi connectivity index (χ1n) is 7.66. The molecule has 2 rings (SSSR count). The second kappa shape index (κ2) is 6.00. The van der Waals surface area contributed by atoms with E-state index in [2.05, 4.69) is 0 Å². The van der Waals surface area contributed by atoms with Gasteiger partial charge in [0.2, 0.25) is 7.37 Å². The maximum atomic E-state index is 13.0. The van der Waals surface area contributed by atoms with Gasteiger partial charge in [0.05, 0.1) is 11.6 Å². The van der Waals surface area contributed by atoms with Crippen molar-refractivity contribution in [1.29, 1.82) is 0 Å². The number of halogens is 3. The molecule has 0 aromatic carbocycles. The van der Waals surface area contributed by atoms with Gasteiger partial charge in [-0.2, -0.15) is 13.2 Å². The van der Waals surface area contributed by atoms with Crippen molar-refractivity contribution < 1.29 is 22.6 Å². The Balaban J connectivity index is 2.26. The molecule has 0 saturated heterocycles. The summed E-state index contributed by atoms with van der Waals surface area (Å²) in [6.07, 6.45) is 1.27. The Kier molecular flexibility index (Phi) is 4.91. The largest absolute Gasteiger partial charge is 0.390 e. The van der Waals surface area contributed by atoms with E-state index in [4.69, 9.17) is 0 Å². The molecule has 0 spiro atoms. The maximum Gasteiger partial charge on any atom is 0.390 e. The van der Waals surface area contributed by atoms with Gasteiger partial charge in [0, 0.05) is 5.66 Å². The van der Waals surface area contributed by atoms with Crippen molar-refractivity contribution in [1.82, 2.24) is 0 Å². The van der Waals surface area contributed by atoms with Crippen LogP contribution in [0.4, 0.5) is 13.2 Å². The molecule has 1 atom stereocenters. The van der Waals surface area contributed by atoms with Gasteiger partial charge in [-0.3, -0.25) is 4.57 Å². The summed E-state index contributed by atoms with van der Waals surface area (Å²) in [6, 6.07) is 0. The molecule has 2 aliphatic carbocycles. The van der Waals surface area contributed by atoms with Gasteiger partial charge in [-0.1, -0.05) is 38.5 Å². The highest BCUT2D eigenvalue weighted by Crippen LogP contribution is 2.68. The normalized spacial score (nSPS) is 28.0. The molecule has 6 heteroatoms. The summed E-state index contributed by atoms with van der Waals surface area (Å²) in [5.41, 5.74) is -0.406. The predicted molar refractivity (Wildman–Crippen MR) is 73.2 cm³/mol. The van der Waals surface area contributed by atoms with Crippen LogP contribution in [0.2, 0.25) is 0 Å². The molecule has 0 bridgehead atoms. The van der Waals surface area contributed by atoms with Crippen LogP contribution in [0.15, 0.2) is 0 Å². The van der Waals surface area contributed by atoms with Gasteiger partial charge in [0.1, 0.15) is 0 Å². The number of hydrogen-bond donors (Lipinski definition) is 1. The zero-order chi connectivity index (χ0) is 14.9. The molecule has 0 aliphatic heterocycles. The first kappa shape index (κ1) is 16.4. The summed E-state index contributed by atoms with van der Waals surface area (Å²) in [6.45, 7) is 0. The Labute approximate surface area is 118 Å². The number of rotatable bonds is 3. The molecule has 0 heterocycles. The molecule has 2 aliphatic rings. The van der Waals surface area contributed by atoms with Crippen molar-refractivity contribution in [3.05, 3.63) is 0 Å². The van der Waals surface area contributed by atoms with Gasteiger partial charge in [-0.25, -0.2) is 0 Å². The summed E-state index contributed by atoms with van der Waals surface area (Å²) < 4.78 is 51.8. The van der Waals surface area contributed by atoms with Crippen molar-refractivity contribution in [2.45, 2.75) is 87.6 Å². The molecule has 2 saturated carbocycles. The first-order valence-corrected chi connectivity index (χ1v) is 9.39. The molecule has 0 aromatic heterocycles. The molecule has 0 amide bonds. The van der Waals surface area contributed by atoms with Crippen molar-refractivity contribution in [2.75, 3.05) is 0 Å². The fourth-order valence-electron chi connectivity index (χ4n) is 4.01. The fourth-order valence-corrected chi connectivity index (χ4v) is 7.21. The second-order valence-electron chi connectivity index (χ2n) is 6.49. The average Bonchev–Trinajstić information content (AvgIpc) is 2.38. The summed E-state index contributed by atoms with van der Waals surface area (Å²) in [4.78, 5) is 10.6. The molecule has 20 heavy (non-hydrogen) atoms. The fraction of sp³-hybridized carbons (Fsp3) is 1.00. The third-order valence-corrected chi connectivity index (χ3v) is 8.53. The third kappa shape index (κ3) is 3.41. The predicted octanol–water partition coefficient (Wildman–Crippen LogP) is 5.24. The SMILES string of the molecule is O=P(O)(C1CCCCC1)C1(CC(F)(F)F)CCCCC1. The summed E-state index contributed by atoms with van der Waals surface area (Å²) in [5, 5.41) is -1.40. The Morgan fingerprint density at radius 3 is 2.00 bits per heavy atom. The second-order valence-corrected chi connectivity index (χ2v) is 9.42. The standard InChI is InChI=1S/C14H24F3O2P/c15-14(16,17)11-13(9-5-2-6-10-13)20(18,19)12-7-3-1-4-8-12/h12H,1-11H2,(H,18,19). The lowest BCUT2D eigenvalue weighted by molar-refractivity contribution is -0.144. The molecule has 118 valence electrons. The van der Waals surface area contributed by atoms with Crippen LogP contribution in [0.1, 0.15) is 70.6 Å². The zero-order valence-corrected chi connectivity index (χ0v) is 12.7. The van der Waals surface area contributed by atoms with Crippen LogP contribution >= 0.6 is 7.37 Å². The summed E-state index contributed by atoms with van der Waals surface area (Å²) in [7, 11) is -3.79. The number of hydrogen-bond acceptors (Lipinski definition) is 1. The molecule has 2 fully saturated rings. The van der Waals surface area contributed by atoms with Gasteiger partial charge in [0.25, 0.3) is 0 Å². The van der Waals surface area contributed by atoms with Crippen LogP contribution < -0.4 is 0 Å². The Morgan fingerprint density at radius 2 is 1.50 bits per heavy atom. The van der Waals surface area contributed by atoms with Crippen molar-refractivity contribution in [3.8, 4) is 0 Å². The Bertz CT molecular complexity index is 369. The van der Waals surface area contributed by atoms with Crippen molar-refractivity contribution >= 4 is 7.37 Å². The van der Waals surface area contributed by atoms with E-state index in [1.807, 2.05) is 0 Å². The molecular weight excluding hydrogens is 288 g/mol. The van der Waals surface area contributed by atoms with Gasteiger partial charge in [-0.15, -0.1) is 0 Å². The average molecular weight is 312 g/mol. The highest BCUT2D eigenvalue weighted by Gasteiger charge is 2.56. The summed E-state index contributed by atoms with van der Waals surface area (Å²) in [5.74, 6) is 0. The van der Waals surface area contributed by atoms with Crippen molar-refractivity contribution in [3.63, 3.8) is 0 Å². The highest BCUT2D eigenvalue weighted by atomic mass is 31.2. The minimum Gasteiger partial charge on any atom is -0.344 e. The molecule has 1 unspecified atom stereocenters. The van der Waals surface area contributed by atoms with Crippen LogP contribution in [0.3, 0.4) is 0 Å². The Morgan fingerprint density at radius 1 is 1.00 bits per heavy atom. The van der Waals surface area contributed by atoms with Gasteiger partial charge >= 0.3 is 6.18 Å². The molecule has 0 radical (unpaired) electrons. The lowest BCUT2D eigenvalue weighted by Gasteiger charge is -2.44. The Hall–Kier alpha value is -0.0200. The van der Waals surface area contributed by atoms with Crippen LogP contribution in [0.25, 0.3) is 0 Å². The van der Waals surface area contributed by atoms with Gasteiger partial charge in [0.15, 0.2) is 0 Å². The highest BCUT2D eigenvalue weighted by molar-refractivity contribution is 7.60. The quantitative estimate of drug-likeness (QED) is 0.723. The van der Waals surface area contributed by atoms with Crippen LogP contribution in [0.5, 0.6) is 0 Å². The molecule has 1 N–H and O–H groups in total. The van der Waals surface area contributed by atoms with Gasteiger partial charge in [-0.05, 0) is 25.7 Å². The number of alkyl halides is 3. The lowest BCUT2D eigenvalue weighted by Crippen LogP contribution is -2.40. The van der Waals surface area contributed by atoms with Gasteiger partial charge < -0.3 is 4.89 Å². The third-order valence-electron chi connectivity index (χ3n) is 5.06. The maximum absolute atomic E-state index is 13.0. The van der Waals surface area contributed by atoms with Crippen LogP contribution in [-0.4, -0.2) is 21.9 Å². The minimum absolute atomic E-state index is 0.261. The monoisotopic (exact) mass is 312 g/mol. The lowest BCUT2D eigenvalue weighted by atomic mass is 9.85. The summed E-state index contributed by atoms with van der Waals surface area (Å²) >= 11 is 0. The smallest absolute Gasteiger partial charge is 0.344 e. The van der Waals surface area contributed by atoms with E-state index in [1.54, 1.807) is 0 Å². The van der Waals surface area contributed by atoms with E-state index in [0.29, 0.717) is 25.7 Å². The van der Waals surface area contributed by atoms with E-state index in [1.165, 1.54) is 0 Å². The van der Waals surface area contributed by atoms with E-state index >= 15 is 0 Å². The zero-order valence-electron chi connectivity index (χ0n) is 11.8. The van der Waals surface area contributed by atoms with Crippen LogP contribution in [-0.2, 0) is 4.57 Å². The van der Waals surface area contributed by atoms with E-state index < -0.39 is 30.8 Å². The topological polar surface area (TPSA) is 37.3 Å². The molecule has 0 aromatic rings. The first-order chi connectivity index (χ1) is 9.27. The molecule has 2 nitrogen and oxygen atoms in total. The van der Waals surface area contributed by atoms with Crippen LogP contribution in [0, 0.1) is 0 Å². The van der Waals surface area contributed by atoms with Crippen molar-refractivity contribution in [2.24, 2.45) is 0 Å². The minimum atomic E-state index is -4.36. The van der Waals surface area contributed by atoms with E-state index in [9.17, 15) is 22.6 Å². The van der Waals surface area contributed by atoms with E-state index in [-0.39, 0.29) is 12.8 Å². The molecular formula is C14H24F3O2P. The van der Waals surface area contributed by atoms with E-state index in [0.717, 1.165) is 25.7 Å².